The molecule has 0 aromatic carbocycles. The van der Waals surface area contributed by atoms with Crippen molar-refractivity contribution >= 4 is 11.9 Å². The highest BCUT2D eigenvalue weighted by Gasteiger charge is 2.72. The molecular weight excluding hydrogens is 424 g/mol. The van der Waals surface area contributed by atoms with Crippen LogP contribution in [-0.4, -0.2) is 22.2 Å². The van der Waals surface area contributed by atoms with E-state index < -0.39 is 17.4 Å². The maximum absolute atomic E-state index is 12.8. The van der Waals surface area contributed by atoms with Crippen LogP contribution in [0.3, 0.4) is 0 Å². The molecule has 4 heteroatoms. The number of allylic oxidation sites excluding steroid dienone is 2. The third-order valence-electron chi connectivity index (χ3n) is 12.8. The van der Waals surface area contributed by atoms with Crippen LogP contribution < -0.4 is 0 Å². The Morgan fingerprint density at radius 2 is 1.56 bits per heavy atom. The van der Waals surface area contributed by atoms with Crippen molar-refractivity contribution < 1.29 is 19.8 Å². The van der Waals surface area contributed by atoms with Gasteiger partial charge in [-0.05, 0) is 104 Å². The molecule has 0 amide bonds. The summed E-state index contributed by atoms with van der Waals surface area (Å²) in [6.07, 6.45) is 9.65. The van der Waals surface area contributed by atoms with Crippen molar-refractivity contribution in [3.8, 4) is 0 Å². The third kappa shape index (κ3) is 2.61. The van der Waals surface area contributed by atoms with Crippen molar-refractivity contribution in [2.75, 3.05) is 0 Å². The summed E-state index contributed by atoms with van der Waals surface area (Å²) in [6, 6.07) is 0. The van der Waals surface area contributed by atoms with Gasteiger partial charge in [0.15, 0.2) is 0 Å². The highest BCUT2D eigenvalue weighted by atomic mass is 16.4. The highest BCUT2D eigenvalue weighted by molar-refractivity contribution is 5.89. The molecule has 5 aliphatic carbocycles. The standard InChI is InChI=1S/C30H44O4/c1-17(2)18-10-13-30(25(33)34)15-14-27(5)19(23(18)30)8-9-22-28(27,6)12-11-21-26(3,4)16-20(24(31)32)29(21,22)7/h16,18-19,21-23H,1,8-15H2,2-7H3,(H,31,32)(H,33,34)/t18-,19+,21?,22-,23+,27+,28+,29-,30-/m0/s1. The van der Waals surface area contributed by atoms with Crippen LogP contribution in [0.25, 0.3) is 0 Å². The first-order valence-electron chi connectivity index (χ1n) is 13.5. The molecule has 4 fully saturated rings. The fourth-order valence-corrected chi connectivity index (χ4v) is 11.2. The second kappa shape index (κ2) is 7.01. The number of hydrogen-bond donors (Lipinski definition) is 2. The summed E-state index contributed by atoms with van der Waals surface area (Å²) >= 11 is 0. The zero-order valence-corrected chi connectivity index (χ0v) is 22.0. The SMILES string of the molecule is C=C(C)[C@@H]1CC[C@]2(C(=O)O)CC[C@]3(C)[C@H](CC[C@@H]4[C@@]5(C)C(C(=O)O)=CC(C)(C)C5CC[C@]43C)[C@@H]12. The number of fused-ring (bicyclic) bond motifs is 7. The van der Waals surface area contributed by atoms with Crippen LogP contribution >= 0.6 is 0 Å². The average Bonchev–Trinajstić information content (AvgIpc) is 3.23. The van der Waals surface area contributed by atoms with E-state index >= 15 is 0 Å². The molecule has 0 saturated heterocycles. The summed E-state index contributed by atoms with van der Waals surface area (Å²) < 4.78 is 0. The van der Waals surface area contributed by atoms with Crippen LogP contribution in [0.4, 0.5) is 0 Å². The minimum atomic E-state index is -0.749. The van der Waals surface area contributed by atoms with E-state index in [1.807, 2.05) is 0 Å². The zero-order valence-electron chi connectivity index (χ0n) is 22.0. The predicted molar refractivity (Wildman–Crippen MR) is 133 cm³/mol. The lowest BCUT2D eigenvalue weighted by Gasteiger charge is -2.70. The molecule has 9 atom stereocenters. The number of carbonyl (C=O) groups is 2. The molecule has 0 radical (unpaired) electrons. The Hall–Kier alpha value is -1.58. The smallest absolute Gasteiger partial charge is 0.331 e. The quantitative estimate of drug-likeness (QED) is 0.439. The molecule has 0 aromatic heterocycles. The number of aliphatic carboxylic acids is 2. The molecule has 0 bridgehead atoms. The first-order chi connectivity index (χ1) is 15.7. The van der Waals surface area contributed by atoms with Gasteiger partial charge in [0.2, 0.25) is 0 Å². The van der Waals surface area contributed by atoms with Gasteiger partial charge < -0.3 is 10.2 Å². The van der Waals surface area contributed by atoms with Gasteiger partial charge in [-0.2, -0.15) is 0 Å². The maximum Gasteiger partial charge on any atom is 0.331 e. The van der Waals surface area contributed by atoms with Crippen LogP contribution in [0.2, 0.25) is 0 Å². The first kappa shape index (κ1) is 24.1. The molecule has 34 heavy (non-hydrogen) atoms. The highest BCUT2D eigenvalue weighted by Crippen LogP contribution is 2.78. The zero-order chi connectivity index (χ0) is 25.1. The fraction of sp³-hybridized carbons (Fsp3) is 0.800. The molecule has 0 aromatic rings. The lowest BCUT2D eigenvalue weighted by Crippen LogP contribution is -2.65. The molecule has 0 heterocycles. The molecule has 5 aliphatic rings. The van der Waals surface area contributed by atoms with Crippen LogP contribution in [-0.2, 0) is 9.59 Å². The van der Waals surface area contributed by atoms with E-state index in [0.717, 1.165) is 56.9 Å². The summed E-state index contributed by atoms with van der Waals surface area (Å²) in [6.45, 7) is 18.0. The number of carboxylic acid groups (broad SMARTS) is 2. The van der Waals surface area contributed by atoms with Crippen molar-refractivity contribution in [3.63, 3.8) is 0 Å². The Morgan fingerprint density at radius 3 is 2.15 bits per heavy atom. The number of carboxylic acids is 2. The van der Waals surface area contributed by atoms with Crippen LogP contribution in [0.15, 0.2) is 23.8 Å². The van der Waals surface area contributed by atoms with E-state index in [0.29, 0.717) is 23.3 Å². The topological polar surface area (TPSA) is 74.6 Å². The first-order valence-corrected chi connectivity index (χ1v) is 13.5. The number of hydrogen-bond acceptors (Lipinski definition) is 2. The molecule has 0 aliphatic heterocycles. The Morgan fingerprint density at radius 1 is 0.882 bits per heavy atom. The lowest BCUT2D eigenvalue weighted by atomic mass is 9.34. The predicted octanol–water partition coefficient (Wildman–Crippen LogP) is 6.96. The molecule has 2 N–H and O–H groups in total. The third-order valence-corrected chi connectivity index (χ3v) is 12.8. The van der Waals surface area contributed by atoms with Gasteiger partial charge in [-0.1, -0.05) is 52.8 Å². The fourth-order valence-electron chi connectivity index (χ4n) is 11.2. The van der Waals surface area contributed by atoms with Crippen molar-refractivity contribution in [3.05, 3.63) is 23.8 Å². The normalized spacial score (nSPS) is 50.9. The van der Waals surface area contributed by atoms with E-state index in [2.05, 4.69) is 54.2 Å². The van der Waals surface area contributed by atoms with Gasteiger partial charge in [0.25, 0.3) is 0 Å². The minimum absolute atomic E-state index is 0.00298. The summed E-state index contributed by atoms with van der Waals surface area (Å²) in [7, 11) is 0. The van der Waals surface area contributed by atoms with Gasteiger partial charge >= 0.3 is 11.9 Å². The second-order valence-electron chi connectivity index (χ2n) is 14.1. The van der Waals surface area contributed by atoms with E-state index in [-0.39, 0.29) is 33.5 Å². The lowest BCUT2D eigenvalue weighted by molar-refractivity contribution is -0.218. The molecule has 4 nitrogen and oxygen atoms in total. The molecule has 1 unspecified atom stereocenters. The minimum Gasteiger partial charge on any atom is -0.481 e. The average molecular weight is 469 g/mol. The van der Waals surface area contributed by atoms with E-state index in [1.165, 1.54) is 0 Å². The number of rotatable bonds is 3. The summed E-state index contributed by atoms with van der Waals surface area (Å²) in [5.74, 6) is 0.106. The van der Waals surface area contributed by atoms with Crippen LogP contribution in [0.5, 0.6) is 0 Å². The Bertz CT molecular complexity index is 992. The van der Waals surface area contributed by atoms with E-state index in [1.54, 1.807) is 0 Å². The molecule has 4 saturated carbocycles. The molecule has 0 spiro atoms. The van der Waals surface area contributed by atoms with Gasteiger partial charge in [0, 0.05) is 11.0 Å². The van der Waals surface area contributed by atoms with Gasteiger partial charge in [0.1, 0.15) is 0 Å². The van der Waals surface area contributed by atoms with Crippen LogP contribution in [0.1, 0.15) is 92.9 Å². The Balaban J connectivity index is 1.61. The molecule has 188 valence electrons. The van der Waals surface area contributed by atoms with Crippen molar-refractivity contribution in [1.29, 1.82) is 0 Å². The Kier molecular flexibility index (Phi) is 4.97. The molecule has 5 rings (SSSR count). The van der Waals surface area contributed by atoms with Crippen molar-refractivity contribution in [1.82, 2.24) is 0 Å². The van der Waals surface area contributed by atoms with Crippen LogP contribution in [0, 0.1) is 56.7 Å². The summed E-state index contributed by atoms with van der Waals surface area (Å²) in [5.41, 5.74) is 0.750. The second-order valence-corrected chi connectivity index (χ2v) is 14.1. The monoisotopic (exact) mass is 468 g/mol. The maximum atomic E-state index is 12.8. The van der Waals surface area contributed by atoms with E-state index in [4.69, 9.17) is 0 Å². The summed E-state index contributed by atoms with van der Waals surface area (Å²) in [5, 5.41) is 20.8. The molecular formula is C30H44O4. The largest absolute Gasteiger partial charge is 0.481 e. The van der Waals surface area contributed by atoms with Crippen molar-refractivity contribution in [2.45, 2.75) is 92.9 Å². The van der Waals surface area contributed by atoms with Gasteiger partial charge in [-0.25, -0.2) is 4.79 Å². The van der Waals surface area contributed by atoms with Gasteiger partial charge in [-0.15, -0.1) is 0 Å². The van der Waals surface area contributed by atoms with Crippen molar-refractivity contribution in [2.24, 2.45) is 56.7 Å². The van der Waals surface area contributed by atoms with E-state index in [9.17, 15) is 19.8 Å². The Labute approximate surface area is 205 Å². The van der Waals surface area contributed by atoms with Gasteiger partial charge in [-0.3, -0.25) is 4.79 Å². The van der Waals surface area contributed by atoms with Gasteiger partial charge in [0.05, 0.1) is 5.41 Å². The summed E-state index contributed by atoms with van der Waals surface area (Å²) in [4.78, 5) is 25.3.